The van der Waals surface area contributed by atoms with Crippen molar-refractivity contribution in [2.75, 3.05) is 5.75 Å². The maximum absolute atomic E-state index is 12.2. The number of hydrogen-bond acceptors (Lipinski definition) is 4. The summed E-state index contributed by atoms with van der Waals surface area (Å²) in [6.07, 6.45) is 3.79. The molecule has 0 radical (unpaired) electrons. The summed E-state index contributed by atoms with van der Waals surface area (Å²) in [6.45, 7) is 3.97. The number of thiocarbonyl (C=S) groups is 1. The van der Waals surface area contributed by atoms with Gasteiger partial charge in [-0.3, -0.25) is 10.2 Å². The number of thioether (sulfide) groups is 1. The highest BCUT2D eigenvalue weighted by Crippen LogP contribution is 2.16. The third-order valence-electron chi connectivity index (χ3n) is 3.21. The average molecular weight is 420 g/mol. The van der Waals surface area contributed by atoms with Gasteiger partial charge in [0.25, 0.3) is 5.70 Å². The lowest BCUT2D eigenvalue weighted by molar-refractivity contribution is -0.574. The number of benzene rings is 1. The zero-order valence-corrected chi connectivity index (χ0v) is 16.5. The van der Waals surface area contributed by atoms with E-state index in [-0.39, 0.29) is 11.5 Å². The largest absolute Gasteiger partial charge is 0.297 e. The quantitative estimate of drug-likeness (QED) is 0.257. The third-order valence-corrected chi connectivity index (χ3v) is 5.15. The van der Waals surface area contributed by atoms with Crippen LogP contribution < -0.4 is 4.57 Å². The van der Waals surface area contributed by atoms with Crippen LogP contribution in [-0.2, 0) is 0 Å². The Labute approximate surface area is 159 Å². The predicted octanol–water partition coefficient (Wildman–Crippen LogP) is 4.39. The summed E-state index contributed by atoms with van der Waals surface area (Å²) >= 11 is 10.00. The predicted molar refractivity (Wildman–Crippen MR) is 107 cm³/mol. The summed E-state index contributed by atoms with van der Waals surface area (Å²) in [6, 6.07) is 9.28. The SMILES string of the molecule is Cc1cc(C)c[n+](C(=C=N)C(=S)SCC(=O)c2ccc(Br)cc2)c1. The van der Waals surface area contributed by atoms with E-state index in [2.05, 4.69) is 21.8 Å². The van der Waals surface area contributed by atoms with E-state index in [1.54, 1.807) is 16.7 Å². The first-order chi connectivity index (χ1) is 11.4. The molecule has 0 spiro atoms. The highest BCUT2D eigenvalue weighted by atomic mass is 79.9. The number of aryl methyl sites for hydroxylation is 2. The van der Waals surface area contributed by atoms with E-state index in [1.807, 2.05) is 44.4 Å². The molecule has 1 N–H and O–H groups in total. The fourth-order valence-electron chi connectivity index (χ4n) is 2.18. The van der Waals surface area contributed by atoms with Crippen LogP contribution in [0.15, 0.2) is 47.2 Å². The molecule has 3 nitrogen and oxygen atoms in total. The number of carbonyl (C=O) groups excluding carboxylic acids is 1. The first kappa shape index (κ1) is 18.7. The van der Waals surface area contributed by atoms with E-state index >= 15 is 0 Å². The number of aromatic nitrogens is 1. The molecular formula is C18H16BrN2OS2+. The fraction of sp³-hybridized carbons (Fsp3) is 0.167. The molecule has 24 heavy (non-hydrogen) atoms. The Morgan fingerprint density at radius 2 is 1.83 bits per heavy atom. The number of Topliss-reactive ketones (excluding diaryl/α,β-unsaturated/α-hetero) is 1. The van der Waals surface area contributed by atoms with Crippen molar-refractivity contribution >= 4 is 61.5 Å². The van der Waals surface area contributed by atoms with Crippen LogP contribution in [-0.4, -0.2) is 21.6 Å². The summed E-state index contributed by atoms with van der Waals surface area (Å²) < 4.78 is 3.20. The summed E-state index contributed by atoms with van der Waals surface area (Å²) in [5.41, 5.74) is 3.27. The van der Waals surface area contributed by atoms with Crippen molar-refractivity contribution in [2.45, 2.75) is 13.8 Å². The summed E-state index contributed by atoms with van der Waals surface area (Å²) in [4.78, 5) is 12.2. The van der Waals surface area contributed by atoms with E-state index < -0.39 is 0 Å². The minimum atomic E-state index is 0.00426. The maximum atomic E-state index is 12.2. The molecule has 0 bridgehead atoms. The number of carbonyl (C=O) groups is 1. The number of halogens is 1. The van der Waals surface area contributed by atoms with Crippen LogP contribution in [0.4, 0.5) is 0 Å². The maximum Gasteiger partial charge on any atom is 0.297 e. The Morgan fingerprint density at radius 1 is 1.25 bits per heavy atom. The number of nitrogens with one attached hydrogen (secondary N) is 1. The highest BCUT2D eigenvalue weighted by molar-refractivity contribution is 9.10. The topological polar surface area (TPSA) is 44.8 Å². The molecule has 2 rings (SSSR count). The lowest BCUT2D eigenvalue weighted by Gasteiger charge is -2.04. The Morgan fingerprint density at radius 3 is 2.38 bits per heavy atom. The van der Waals surface area contributed by atoms with Crippen LogP contribution >= 0.6 is 39.9 Å². The molecule has 0 aliphatic heterocycles. The first-order valence-corrected chi connectivity index (χ1v) is 9.35. The number of nitrogens with zero attached hydrogens (tertiary/aromatic N) is 1. The molecule has 0 atom stereocenters. The van der Waals surface area contributed by atoms with Crippen LogP contribution in [0, 0.1) is 19.3 Å². The van der Waals surface area contributed by atoms with Gasteiger partial charge in [-0.15, -0.1) is 0 Å². The van der Waals surface area contributed by atoms with Gasteiger partial charge in [0.2, 0.25) is 0 Å². The number of ketones is 1. The lowest BCUT2D eigenvalue weighted by atomic mass is 10.2. The van der Waals surface area contributed by atoms with Crippen molar-refractivity contribution in [2.24, 2.45) is 0 Å². The molecule has 122 valence electrons. The van der Waals surface area contributed by atoms with Crippen LogP contribution in [0.25, 0.3) is 5.70 Å². The molecule has 2 aromatic rings. The zero-order chi connectivity index (χ0) is 17.7. The van der Waals surface area contributed by atoms with Crippen molar-refractivity contribution in [3.63, 3.8) is 0 Å². The molecule has 0 aliphatic carbocycles. The van der Waals surface area contributed by atoms with Gasteiger partial charge in [0.05, 0.1) is 11.6 Å². The zero-order valence-electron chi connectivity index (χ0n) is 13.3. The van der Waals surface area contributed by atoms with Gasteiger partial charge < -0.3 is 0 Å². The van der Waals surface area contributed by atoms with Crippen molar-refractivity contribution in [1.82, 2.24) is 0 Å². The molecule has 1 heterocycles. The van der Waals surface area contributed by atoms with E-state index in [1.165, 1.54) is 11.8 Å². The van der Waals surface area contributed by atoms with Crippen molar-refractivity contribution in [3.8, 4) is 0 Å². The molecule has 6 heteroatoms. The Balaban J connectivity index is 2.09. The van der Waals surface area contributed by atoms with Crippen LogP contribution in [0.2, 0.25) is 0 Å². The molecule has 1 aromatic heterocycles. The van der Waals surface area contributed by atoms with E-state index in [9.17, 15) is 4.79 Å². The molecule has 1 aromatic carbocycles. The third kappa shape index (κ3) is 4.95. The normalized spacial score (nSPS) is 10.1. The van der Waals surface area contributed by atoms with Gasteiger partial charge in [0, 0.05) is 21.2 Å². The average Bonchev–Trinajstić information content (AvgIpc) is 2.53. The molecule has 0 unspecified atom stereocenters. The van der Waals surface area contributed by atoms with E-state index in [4.69, 9.17) is 17.6 Å². The van der Waals surface area contributed by atoms with Crippen molar-refractivity contribution in [1.29, 1.82) is 5.41 Å². The second-order valence-electron chi connectivity index (χ2n) is 5.28. The lowest BCUT2D eigenvalue weighted by Crippen LogP contribution is -2.35. The van der Waals surface area contributed by atoms with Crippen LogP contribution in [0.3, 0.4) is 0 Å². The van der Waals surface area contributed by atoms with Crippen LogP contribution in [0.1, 0.15) is 21.5 Å². The second kappa shape index (κ2) is 8.49. The minimum Gasteiger partial charge on any atom is -0.293 e. The van der Waals surface area contributed by atoms with Gasteiger partial charge in [-0.2, -0.15) is 4.57 Å². The van der Waals surface area contributed by atoms with Gasteiger partial charge in [-0.05, 0) is 32.0 Å². The van der Waals surface area contributed by atoms with Gasteiger partial charge in [0.1, 0.15) is 0 Å². The van der Waals surface area contributed by atoms with E-state index in [0.717, 1.165) is 15.6 Å². The Kier molecular flexibility index (Phi) is 6.63. The Hall–Kier alpha value is -1.59. The molecule has 0 fully saturated rings. The number of hydrogen-bond donors (Lipinski definition) is 1. The van der Waals surface area contributed by atoms with Gasteiger partial charge >= 0.3 is 0 Å². The highest BCUT2D eigenvalue weighted by Gasteiger charge is 2.19. The molecule has 0 saturated heterocycles. The smallest absolute Gasteiger partial charge is 0.293 e. The molecule has 0 amide bonds. The minimum absolute atomic E-state index is 0.00426. The van der Waals surface area contributed by atoms with E-state index in [0.29, 0.717) is 15.5 Å². The molecule has 0 saturated carbocycles. The molecular weight excluding hydrogens is 404 g/mol. The van der Waals surface area contributed by atoms with Gasteiger partial charge in [0.15, 0.2) is 22.4 Å². The summed E-state index contributed by atoms with van der Waals surface area (Å²) in [5, 5.41) is 7.54. The summed E-state index contributed by atoms with van der Waals surface area (Å²) in [7, 11) is 0. The molecule has 0 aliphatic rings. The summed E-state index contributed by atoms with van der Waals surface area (Å²) in [5.74, 6) is 2.63. The van der Waals surface area contributed by atoms with Crippen molar-refractivity contribution in [3.05, 3.63) is 63.9 Å². The van der Waals surface area contributed by atoms with Crippen LogP contribution in [0.5, 0.6) is 0 Å². The van der Waals surface area contributed by atoms with Crippen molar-refractivity contribution < 1.29 is 9.36 Å². The second-order valence-corrected chi connectivity index (χ2v) is 7.85. The standard InChI is InChI=1S/C18H16BrN2OS2/c1-12-7-13(2)10-21(9-12)16(8-20)18(23)24-11-17(22)14-3-5-15(19)6-4-14/h3-7,9-10,20H,11H2,1-2H3/q+1. The number of rotatable bonds is 5. The Bertz CT molecular complexity index is 820. The monoisotopic (exact) mass is 419 g/mol. The van der Waals surface area contributed by atoms with Gasteiger partial charge in [-0.25, -0.2) is 0 Å². The number of pyridine rings is 1. The van der Waals surface area contributed by atoms with Gasteiger partial charge in [-0.1, -0.05) is 52.0 Å². The fourth-order valence-corrected chi connectivity index (χ4v) is 3.50. The first-order valence-electron chi connectivity index (χ1n) is 7.16.